The van der Waals surface area contributed by atoms with E-state index in [1.165, 1.54) is 0 Å². The lowest BCUT2D eigenvalue weighted by molar-refractivity contribution is -0.144. The van der Waals surface area contributed by atoms with Gasteiger partial charge in [0.2, 0.25) is 5.91 Å². The molecule has 0 atom stereocenters. The molecule has 1 fully saturated rings. The van der Waals surface area contributed by atoms with Crippen LogP contribution in [-0.2, 0) is 9.59 Å². The van der Waals surface area contributed by atoms with Crippen molar-refractivity contribution in [3.63, 3.8) is 0 Å². The van der Waals surface area contributed by atoms with Crippen molar-refractivity contribution < 1.29 is 23.8 Å². The number of hydrogen-bond acceptors (Lipinski definition) is 4. The summed E-state index contributed by atoms with van der Waals surface area (Å²) in [6.07, 6.45) is 4.32. The zero-order valence-electron chi connectivity index (χ0n) is 16.2. The highest BCUT2D eigenvalue weighted by Crippen LogP contribution is 2.37. The number of likely N-dealkylation sites (tertiary alicyclic amines) is 1. The fourth-order valence-electron chi connectivity index (χ4n) is 3.70. The lowest BCUT2D eigenvalue weighted by Crippen LogP contribution is -2.39. The van der Waals surface area contributed by atoms with Crippen LogP contribution in [-0.4, -0.2) is 42.1 Å². The number of carboxylic acids is 1. The Morgan fingerprint density at radius 1 is 1.30 bits per heavy atom. The molecule has 27 heavy (non-hydrogen) atoms. The van der Waals surface area contributed by atoms with Crippen LogP contribution in [0.1, 0.15) is 36.5 Å². The van der Waals surface area contributed by atoms with E-state index >= 15 is 0 Å². The van der Waals surface area contributed by atoms with Gasteiger partial charge < -0.3 is 19.2 Å². The summed E-state index contributed by atoms with van der Waals surface area (Å²) in [5.74, 6) is -0.533. The smallest absolute Gasteiger partial charge is 0.306 e. The third-order valence-corrected chi connectivity index (χ3v) is 5.36. The van der Waals surface area contributed by atoms with Gasteiger partial charge >= 0.3 is 5.97 Å². The van der Waals surface area contributed by atoms with Gasteiger partial charge in [0.25, 0.3) is 0 Å². The van der Waals surface area contributed by atoms with Crippen molar-refractivity contribution >= 4 is 28.4 Å². The monoisotopic (exact) mass is 371 g/mol. The molecular weight excluding hydrogens is 346 g/mol. The Balaban J connectivity index is 1.88. The molecule has 1 aliphatic heterocycles. The van der Waals surface area contributed by atoms with Crippen molar-refractivity contribution in [3.8, 4) is 5.75 Å². The Hall–Kier alpha value is -2.76. The first-order valence-electron chi connectivity index (χ1n) is 9.09. The van der Waals surface area contributed by atoms with Gasteiger partial charge in [-0.15, -0.1) is 0 Å². The average Bonchev–Trinajstić information content (AvgIpc) is 3.02. The number of furan rings is 1. The number of hydrogen-bond donors (Lipinski definition) is 1. The lowest BCUT2D eigenvalue weighted by Gasteiger charge is -2.29. The zero-order valence-corrected chi connectivity index (χ0v) is 16.2. The van der Waals surface area contributed by atoms with Crippen molar-refractivity contribution in [1.29, 1.82) is 0 Å². The van der Waals surface area contributed by atoms with Crippen LogP contribution < -0.4 is 4.74 Å². The summed E-state index contributed by atoms with van der Waals surface area (Å²) in [4.78, 5) is 25.4. The molecule has 0 aliphatic carbocycles. The van der Waals surface area contributed by atoms with Gasteiger partial charge in [0, 0.05) is 35.7 Å². The first-order chi connectivity index (χ1) is 12.8. The van der Waals surface area contributed by atoms with E-state index in [1.54, 1.807) is 24.3 Å². The molecule has 1 aromatic carbocycles. The summed E-state index contributed by atoms with van der Waals surface area (Å²) in [6, 6.07) is 2.00. The first-order valence-corrected chi connectivity index (χ1v) is 9.09. The summed E-state index contributed by atoms with van der Waals surface area (Å²) in [7, 11) is 1.61. The fourth-order valence-corrected chi connectivity index (χ4v) is 3.70. The molecule has 0 saturated carbocycles. The molecule has 6 nitrogen and oxygen atoms in total. The van der Waals surface area contributed by atoms with Crippen molar-refractivity contribution in [2.75, 3.05) is 20.2 Å². The van der Waals surface area contributed by atoms with Crippen LogP contribution in [0.3, 0.4) is 0 Å². The summed E-state index contributed by atoms with van der Waals surface area (Å²) < 4.78 is 11.2. The third kappa shape index (κ3) is 3.56. The second-order valence-corrected chi connectivity index (χ2v) is 7.14. The summed E-state index contributed by atoms with van der Waals surface area (Å²) >= 11 is 0. The van der Waals surface area contributed by atoms with Gasteiger partial charge in [0.15, 0.2) is 0 Å². The van der Waals surface area contributed by atoms with Crippen LogP contribution in [0.5, 0.6) is 5.75 Å². The molecule has 144 valence electrons. The largest absolute Gasteiger partial charge is 0.496 e. The number of aliphatic carboxylic acids is 1. The van der Waals surface area contributed by atoms with Crippen LogP contribution in [0.25, 0.3) is 16.5 Å². The SMILES string of the molecule is COc1c(/C(C)=C/C(=O)N2CCC(C(=O)O)CC2)cc2c(C)coc2c1C. The number of amides is 1. The number of carbonyl (C=O) groups is 2. The van der Waals surface area contributed by atoms with Crippen LogP contribution in [0, 0.1) is 19.8 Å². The number of piperidine rings is 1. The van der Waals surface area contributed by atoms with E-state index in [9.17, 15) is 9.59 Å². The number of benzene rings is 1. The molecule has 3 rings (SSSR count). The number of aryl methyl sites for hydroxylation is 2. The number of carbonyl (C=O) groups excluding carboxylic acids is 1. The minimum atomic E-state index is -0.780. The van der Waals surface area contributed by atoms with E-state index in [-0.39, 0.29) is 11.8 Å². The molecule has 1 aliphatic rings. The normalized spacial score (nSPS) is 16.0. The molecule has 6 heteroatoms. The number of methoxy groups -OCH3 is 1. The van der Waals surface area contributed by atoms with Crippen molar-refractivity contribution in [2.45, 2.75) is 33.6 Å². The van der Waals surface area contributed by atoms with Crippen molar-refractivity contribution in [2.24, 2.45) is 5.92 Å². The Bertz CT molecular complexity index is 916. The van der Waals surface area contributed by atoms with Gasteiger partial charge in [-0.3, -0.25) is 9.59 Å². The topological polar surface area (TPSA) is 80.0 Å². The van der Waals surface area contributed by atoms with E-state index in [2.05, 4.69) is 0 Å². The number of nitrogens with zero attached hydrogens (tertiary/aromatic N) is 1. The molecule has 1 N–H and O–H groups in total. The summed E-state index contributed by atoms with van der Waals surface area (Å²) in [5, 5.41) is 10.1. The van der Waals surface area contributed by atoms with Crippen LogP contribution in [0.2, 0.25) is 0 Å². The molecular formula is C21H25NO5. The minimum absolute atomic E-state index is 0.0972. The van der Waals surface area contributed by atoms with Crippen molar-refractivity contribution in [1.82, 2.24) is 4.90 Å². The van der Waals surface area contributed by atoms with E-state index in [0.29, 0.717) is 31.7 Å². The van der Waals surface area contributed by atoms with Gasteiger partial charge in [0.05, 0.1) is 19.3 Å². The minimum Gasteiger partial charge on any atom is -0.496 e. The van der Waals surface area contributed by atoms with E-state index in [1.807, 2.05) is 26.8 Å². The Labute approximate surface area is 158 Å². The highest BCUT2D eigenvalue weighted by atomic mass is 16.5. The highest BCUT2D eigenvalue weighted by molar-refractivity contribution is 5.98. The molecule has 0 bridgehead atoms. The molecule has 0 radical (unpaired) electrons. The molecule has 1 saturated heterocycles. The quantitative estimate of drug-likeness (QED) is 0.827. The van der Waals surface area contributed by atoms with E-state index < -0.39 is 5.97 Å². The van der Waals surface area contributed by atoms with Crippen LogP contribution in [0.4, 0.5) is 0 Å². The van der Waals surface area contributed by atoms with E-state index in [0.717, 1.165) is 33.2 Å². The standard InChI is InChI=1S/C21H25NO5/c1-12(9-18(23)22-7-5-15(6-8-22)21(24)25)16-10-17-13(2)11-27-20(17)14(3)19(16)26-4/h9-11,15H,5-8H2,1-4H3,(H,24,25)/b12-9+. The van der Waals surface area contributed by atoms with E-state index in [4.69, 9.17) is 14.3 Å². The molecule has 2 aromatic rings. The van der Waals surface area contributed by atoms with Gasteiger partial charge in [0.1, 0.15) is 11.3 Å². The molecule has 2 heterocycles. The Morgan fingerprint density at radius 3 is 2.56 bits per heavy atom. The van der Waals surface area contributed by atoms with Crippen LogP contribution in [0.15, 0.2) is 22.8 Å². The number of rotatable bonds is 4. The fraction of sp³-hybridized carbons (Fsp3) is 0.429. The maximum Gasteiger partial charge on any atom is 0.306 e. The number of fused-ring (bicyclic) bond motifs is 1. The number of carboxylic acid groups (broad SMARTS) is 1. The second kappa shape index (κ2) is 7.47. The van der Waals surface area contributed by atoms with Crippen molar-refractivity contribution in [3.05, 3.63) is 35.1 Å². The molecule has 1 amide bonds. The zero-order chi connectivity index (χ0) is 19.7. The maximum atomic E-state index is 12.7. The van der Waals surface area contributed by atoms with Gasteiger partial charge in [-0.1, -0.05) is 0 Å². The Morgan fingerprint density at radius 2 is 1.96 bits per heavy atom. The van der Waals surface area contributed by atoms with Gasteiger partial charge in [-0.05, 0) is 50.8 Å². The summed E-state index contributed by atoms with van der Waals surface area (Å²) in [6.45, 7) is 6.75. The van der Waals surface area contributed by atoms with Gasteiger partial charge in [-0.25, -0.2) is 0 Å². The first kappa shape index (κ1) is 19.0. The molecule has 1 aromatic heterocycles. The third-order valence-electron chi connectivity index (χ3n) is 5.36. The summed E-state index contributed by atoms with van der Waals surface area (Å²) in [5.41, 5.74) is 4.40. The molecule has 0 unspecified atom stereocenters. The van der Waals surface area contributed by atoms with Gasteiger partial charge in [-0.2, -0.15) is 0 Å². The predicted octanol–water partition coefficient (Wildman–Crippen LogP) is 3.78. The number of ether oxygens (including phenoxy) is 1. The number of allylic oxidation sites excluding steroid dienone is 1. The predicted molar refractivity (Wildman–Crippen MR) is 103 cm³/mol. The maximum absolute atomic E-state index is 12.7. The lowest BCUT2D eigenvalue weighted by atomic mass is 9.96. The molecule has 0 spiro atoms. The second-order valence-electron chi connectivity index (χ2n) is 7.14. The average molecular weight is 371 g/mol. The highest BCUT2D eigenvalue weighted by Gasteiger charge is 2.26. The van der Waals surface area contributed by atoms with Crippen LogP contribution >= 0.6 is 0 Å². The Kier molecular flexibility index (Phi) is 5.26.